The average Bonchev–Trinajstić information content (AvgIpc) is 2.44. The lowest BCUT2D eigenvalue weighted by Gasteiger charge is -2.14. The Bertz CT molecular complexity index is 472. The van der Waals surface area contributed by atoms with Gasteiger partial charge in [-0.3, -0.25) is 9.59 Å². The normalized spacial score (nSPS) is 11.4. The van der Waals surface area contributed by atoms with Crippen molar-refractivity contribution >= 4 is 17.8 Å². The largest absolute Gasteiger partial charge is 0.480 e. The van der Waals surface area contributed by atoms with Gasteiger partial charge in [0.25, 0.3) is 5.91 Å². The SMILES string of the molecule is CCOC(=O)CC[C@@H](NC(=O)c1ccccc1)C(=O)O. The Morgan fingerprint density at radius 1 is 1.25 bits per heavy atom. The van der Waals surface area contributed by atoms with Crippen LogP contribution in [0.1, 0.15) is 30.1 Å². The molecule has 0 aliphatic rings. The summed E-state index contributed by atoms with van der Waals surface area (Å²) in [6, 6.07) is 7.17. The summed E-state index contributed by atoms with van der Waals surface area (Å²) in [5.74, 6) is -2.15. The van der Waals surface area contributed by atoms with Crippen molar-refractivity contribution in [1.29, 1.82) is 0 Å². The van der Waals surface area contributed by atoms with E-state index in [-0.39, 0.29) is 19.4 Å². The predicted octanol–water partition coefficient (Wildman–Crippen LogP) is 1.21. The molecule has 1 aromatic carbocycles. The van der Waals surface area contributed by atoms with Crippen LogP contribution in [0.3, 0.4) is 0 Å². The molecule has 0 unspecified atom stereocenters. The minimum Gasteiger partial charge on any atom is -0.480 e. The van der Waals surface area contributed by atoms with E-state index in [9.17, 15) is 14.4 Å². The first-order valence-corrected chi connectivity index (χ1v) is 6.29. The van der Waals surface area contributed by atoms with E-state index in [1.165, 1.54) is 0 Å². The summed E-state index contributed by atoms with van der Waals surface area (Å²) in [7, 11) is 0. The Kier molecular flexibility index (Phi) is 6.22. The van der Waals surface area contributed by atoms with Gasteiger partial charge in [-0.1, -0.05) is 18.2 Å². The maximum absolute atomic E-state index is 11.8. The van der Waals surface area contributed by atoms with E-state index >= 15 is 0 Å². The number of aliphatic carboxylic acids is 1. The highest BCUT2D eigenvalue weighted by molar-refractivity contribution is 5.96. The minimum absolute atomic E-state index is 0.00720. The number of carbonyl (C=O) groups is 3. The summed E-state index contributed by atoms with van der Waals surface area (Å²) < 4.78 is 4.72. The summed E-state index contributed by atoms with van der Waals surface area (Å²) in [5.41, 5.74) is 0.370. The molecule has 2 N–H and O–H groups in total. The average molecular weight is 279 g/mol. The number of carboxylic acids is 1. The van der Waals surface area contributed by atoms with Gasteiger partial charge >= 0.3 is 11.9 Å². The summed E-state index contributed by atoms with van der Waals surface area (Å²) in [6.45, 7) is 1.91. The topological polar surface area (TPSA) is 92.7 Å². The van der Waals surface area contributed by atoms with Crippen LogP contribution < -0.4 is 5.32 Å². The van der Waals surface area contributed by atoms with Crippen molar-refractivity contribution in [2.45, 2.75) is 25.8 Å². The maximum Gasteiger partial charge on any atom is 0.326 e. The van der Waals surface area contributed by atoms with E-state index in [2.05, 4.69) is 5.32 Å². The molecule has 1 aromatic rings. The number of nitrogens with one attached hydrogen (secondary N) is 1. The highest BCUT2D eigenvalue weighted by Crippen LogP contribution is 2.04. The van der Waals surface area contributed by atoms with Crippen molar-refractivity contribution in [3.05, 3.63) is 35.9 Å². The van der Waals surface area contributed by atoms with Crippen LogP contribution in [0.15, 0.2) is 30.3 Å². The summed E-state index contributed by atoms with van der Waals surface area (Å²) in [4.78, 5) is 34.1. The molecule has 1 amide bonds. The van der Waals surface area contributed by atoms with E-state index in [4.69, 9.17) is 9.84 Å². The first kappa shape index (κ1) is 15.7. The molecule has 6 heteroatoms. The molecule has 6 nitrogen and oxygen atoms in total. The molecule has 0 saturated carbocycles. The van der Waals surface area contributed by atoms with Crippen molar-refractivity contribution in [2.24, 2.45) is 0 Å². The zero-order chi connectivity index (χ0) is 15.0. The van der Waals surface area contributed by atoms with Crippen molar-refractivity contribution in [3.8, 4) is 0 Å². The third kappa shape index (κ3) is 5.09. The van der Waals surface area contributed by atoms with Crippen LogP contribution in [-0.2, 0) is 14.3 Å². The lowest BCUT2D eigenvalue weighted by Crippen LogP contribution is -2.41. The summed E-state index contributed by atoms with van der Waals surface area (Å²) >= 11 is 0. The van der Waals surface area contributed by atoms with E-state index in [0.717, 1.165) is 0 Å². The van der Waals surface area contributed by atoms with Crippen LogP contribution >= 0.6 is 0 Å². The van der Waals surface area contributed by atoms with Gasteiger partial charge in [0.05, 0.1) is 6.61 Å². The van der Waals surface area contributed by atoms with Gasteiger partial charge in [-0.25, -0.2) is 4.79 Å². The first-order valence-electron chi connectivity index (χ1n) is 6.29. The third-order valence-electron chi connectivity index (χ3n) is 2.58. The maximum atomic E-state index is 11.8. The molecule has 0 bridgehead atoms. The molecule has 0 aliphatic heterocycles. The zero-order valence-corrected chi connectivity index (χ0v) is 11.2. The van der Waals surface area contributed by atoms with Crippen molar-refractivity contribution in [1.82, 2.24) is 5.32 Å². The van der Waals surface area contributed by atoms with Crippen LogP contribution in [-0.4, -0.2) is 35.6 Å². The lowest BCUT2D eigenvalue weighted by molar-refractivity contribution is -0.144. The van der Waals surface area contributed by atoms with Crippen LogP contribution in [0.4, 0.5) is 0 Å². The quantitative estimate of drug-likeness (QED) is 0.732. The highest BCUT2D eigenvalue weighted by atomic mass is 16.5. The Labute approximate surface area is 116 Å². The smallest absolute Gasteiger partial charge is 0.326 e. The van der Waals surface area contributed by atoms with Gasteiger partial charge in [0.2, 0.25) is 0 Å². The number of carboxylic acid groups (broad SMARTS) is 1. The Hall–Kier alpha value is -2.37. The Morgan fingerprint density at radius 2 is 1.90 bits per heavy atom. The highest BCUT2D eigenvalue weighted by Gasteiger charge is 2.21. The number of hydrogen-bond acceptors (Lipinski definition) is 4. The summed E-state index contributed by atoms with van der Waals surface area (Å²) in [5, 5.41) is 11.4. The summed E-state index contributed by atoms with van der Waals surface area (Å²) in [6.07, 6.45) is -0.0629. The zero-order valence-electron chi connectivity index (χ0n) is 11.2. The predicted molar refractivity (Wildman–Crippen MR) is 71.2 cm³/mol. The molecule has 0 radical (unpaired) electrons. The molecule has 20 heavy (non-hydrogen) atoms. The molecule has 0 aromatic heterocycles. The standard InChI is InChI=1S/C14H17NO5/c1-2-20-12(16)9-8-11(14(18)19)15-13(17)10-6-4-3-5-7-10/h3-7,11H,2,8-9H2,1H3,(H,15,17)(H,18,19)/t11-/m1/s1. The van der Waals surface area contributed by atoms with Gasteiger partial charge in [0.1, 0.15) is 6.04 Å². The third-order valence-corrected chi connectivity index (χ3v) is 2.58. The van der Waals surface area contributed by atoms with Gasteiger partial charge in [-0.2, -0.15) is 0 Å². The fourth-order valence-corrected chi connectivity index (χ4v) is 1.58. The van der Waals surface area contributed by atoms with Crippen LogP contribution in [0.25, 0.3) is 0 Å². The number of carbonyl (C=O) groups excluding carboxylic acids is 2. The molecule has 108 valence electrons. The minimum atomic E-state index is -1.18. The van der Waals surface area contributed by atoms with E-state index in [1.54, 1.807) is 37.3 Å². The van der Waals surface area contributed by atoms with Gasteiger partial charge < -0.3 is 15.2 Å². The second-order valence-electron chi connectivity index (χ2n) is 4.07. The van der Waals surface area contributed by atoms with Crippen molar-refractivity contribution in [2.75, 3.05) is 6.61 Å². The number of amides is 1. The lowest BCUT2D eigenvalue weighted by atomic mass is 10.1. The van der Waals surface area contributed by atoms with Gasteiger partial charge in [0, 0.05) is 12.0 Å². The number of hydrogen-bond donors (Lipinski definition) is 2. The molecule has 0 heterocycles. The van der Waals surface area contributed by atoms with E-state index in [0.29, 0.717) is 5.56 Å². The first-order chi connectivity index (χ1) is 9.54. The molecule has 1 atom stereocenters. The molecular formula is C14H17NO5. The number of ether oxygens (including phenoxy) is 1. The van der Waals surface area contributed by atoms with Crippen molar-refractivity contribution in [3.63, 3.8) is 0 Å². The molecular weight excluding hydrogens is 262 g/mol. The second kappa shape index (κ2) is 7.93. The number of benzene rings is 1. The van der Waals surface area contributed by atoms with Crippen LogP contribution in [0, 0.1) is 0 Å². The van der Waals surface area contributed by atoms with Crippen LogP contribution in [0.5, 0.6) is 0 Å². The monoisotopic (exact) mass is 279 g/mol. The number of rotatable bonds is 7. The Balaban J connectivity index is 2.57. The molecule has 0 fully saturated rings. The van der Waals surface area contributed by atoms with Gasteiger partial charge in [-0.15, -0.1) is 0 Å². The molecule has 0 aliphatic carbocycles. The Morgan fingerprint density at radius 3 is 2.45 bits per heavy atom. The van der Waals surface area contributed by atoms with Crippen LogP contribution in [0.2, 0.25) is 0 Å². The van der Waals surface area contributed by atoms with E-state index in [1.807, 2.05) is 0 Å². The van der Waals surface area contributed by atoms with Crippen molar-refractivity contribution < 1.29 is 24.2 Å². The molecule has 1 rings (SSSR count). The number of esters is 1. The van der Waals surface area contributed by atoms with Gasteiger partial charge in [0.15, 0.2) is 0 Å². The van der Waals surface area contributed by atoms with Gasteiger partial charge in [-0.05, 0) is 25.5 Å². The fraction of sp³-hybridized carbons (Fsp3) is 0.357. The fourth-order valence-electron chi connectivity index (χ4n) is 1.58. The second-order valence-corrected chi connectivity index (χ2v) is 4.07. The van der Waals surface area contributed by atoms with E-state index < -0.39 is 23.9 Å². The molecule has 0 spiro atoms. The molecule has 0 saturated heterocycles.